The molecule has 0 bridgehead atoms. The fourth-order valence-corrected chi connectivity index (χ4v) is 3.91. The van der Waals surface area contributed by atoms with Gasteiger partial charge in [0.15, 0.2) is 0 Å². The number of aliphatic hydroxyl groups excluding tert-OH is 1. The molecule has 1 aromatic carbocycles. The molecule has 0 aliphatic carbocycles. The van der Waals surface area contributed by atoms with Crippen LogP contribution in [-0.2, 0) is 4.79 Å². The van der Waals surface area contributed by atoms with E-state index < -0.39 is 11.9 Å². The highest BCUT2D eigenvalue weighted by Gasteiger charge is 2.24. The van der Waals surface area contributed by atoms with Gasteiger partial charge in [-0.15, -0.1) is 0 Å². The topological polar surface area (TPSA) is 93.1 Å². The highest BCUT2D eigenvalue weighted by molar-refractivity contribution is 5.76. The van der Waals surface area contributed by atoms with E-state index in [1.165, 1.54) is 12.1 Å². The number of piperidine rings is 1. The Bertz CT molecular complexity index is 1030. The zero-order valence-corrected chi connectivity index (χ0v) is 16.6. The summed E-state index contributed by atoms with van der Waals surface area (Å²) in [5.41, 5.74) is 7.66. The Morgan fingerprint density at radius 2 is 2.07 bits per heavy atom. The minimum absolute atomic E-state index is 0.0462. The van der Waals surface area contributed by atoms with E-state index in [0.717, 1.165) is 11.2 Å². The molecule has 0 saturated carbocycles. The number of nitrogens with zero attached hydrogens (tertiary/aromatic N) is 3. The first kappa shape index (κ1) is 20.3. The van der Waals surface area contributed by atoms with Gasteiger partial charge in [-0.05, 0) is 56.3 Å². The molecule has 7 nitrogen and oxygen atoms in total. The van der Waals surface area contributed by atoms with Crippen molar-refractivity contribution < 1.29 is 19.0 Å². The molecule has 158 valence electrons. The number of carbonyl (C=O) groups excluding carboxylic acids is 1. The first-order valence-corrected chi connectivity index (χ1v) is 10.1. The summed E-state index contributed by atoms with van der Waals surface area (Å²) in [5.74, 6) is -0.416. The maximum absolute atomic E-state index is 14.2. The van der Waals surface area contributed by atoms with Crippen molar-refractivity contribution in [2.24, 2.45) is 11.7 Å². The summed E-state index contributed by atoms with van der Waals surface area (Å²) in [6.07, 6.45) is 2.37. The van der Waals surface area contributed by atoms with Crippen LogP contribution in [0, 0.1) is 11.7 Å². The van der Waals surface area contributed by atoms with Gasteiger partial charge in [-0.2, -0.15) is 5.10 Å². The number of carbonyl (C=O) groups is 1. The van der Waals surface area contributed by atoms with E-state index in [1.54, 1.807) is 16.8 Å². The van der Waals surface area contributed by atoms with Crippen molar-refractivity contribution >= 4 is 11.4 Å². The van der Waals surface area contributed by atoms with Crippen LogP contribution in [0.25, 0.3) is 16.8 Å². The van der Waals surface area contributed by atoms with E-state index in [-0.39, 0.29) is 18.4 Å². The molecule has 8 heteroatoms. The summed E-state index contributed by atoms with van der Waals surface area (Å²) < 4.78 is 21.6. The molecule has 0 spiro atoms. The zero-order chi connectivity index (χ0) is 21.1. The van der Waals surface area contributed by atoms with Crippen LogP contribution in [-0.4, -0.2) is 57.9 Å². The second-order valence-electron chi connectivity index (χ2n) is 7.70. The third-order valence-corrected chi connectivity index (χ3v) is 5.49. The lowest BCUT2D eigenvalue weighted by atomic mass is 9.96. The Morgan fingerprint density at radius 1 is 1.27 bits per heavy atom. The van der Waals surface area contributed by atoms with E-state index in [4.69, 9.17) is 10.5 Å². The van der Waals surface area contributed by atoms with Crippen LogP contribution >= 0.6 is 0 Å². The van der Waals surface area contributed by atoms with Crippen LogP contribution in [0.15, 0.2) is 48.7 Å². The van der Waals surface area contributed by atoms with Crippen molar-refractivity contribution in [2.45, 2.75) is 18.9 Å². The molecule has 3 aromatic rings. The monoisotopic (exact) mass is 412 g/mol. The molecular formula is C22H25FN4O3. The molecule has 1 aliphatic rings. The van der Waals surface area contributed by atoms with Gasteiger partial charge in [-0.25, -0.2) is 8.91 Å². The van der Waals surface area contributed by atoms with Crippen molar-refractivity contribution in [1.82, 2.24) is 14.5 Å². The Morgan fingerprint density at radius 3 is 2.83 bits per heavy atom. The van der Waals surface area contributed by atoms with Crippen molar-refractivity contribution in [3.63, 3.8) is 0 Å². The van der Waals surface area contributed by atoms with E-state index in [2.05, 4.69) is 10.00 Å². The molecule has 4 rings (SSSR count). The van der Waals surface area contributed by atoms with Crippen LogP contribution in [0.3, 0.4) is 0 Å². The maximum Gasteiger partial charge on any atom is 0.220 e. The highest BCUT2D eigenvalue weighted by atomic mass is 19.1. The lowest BCUT2D eigenvalue weighted by Gasteiger charge is -2.31. The molecule has 1 amide bonds. The molecule has 1 saturated heterocycles. The van der Waals surface area contributed by atoms with Crippen molar-refractivity contribution in [3.8, 4) is 17.0 Å². The minimum atomic E-state index is -0.726. The van der Waals surface area contributed by atoms with Crippen molar-refractivity contribution in [2.75, 3.05) is 26.2 Å². The quantitative estimate of drug-likeness (QED) is 0.620. The number of primary amides is 1. The van der Waals surface area contributed by atoms with Crippen LogP contribution in [0.1, 0.15) is 12.8 Å². The van der Waals surface area contributed by atoms with Gasteiger partial charge in [0, 0.05) is 24.1 Å². The highest BCUT2D eigenvalue weighted by Crippen LogP contribution is 2.26. The van der Waals surface area contributed by atoms with Gasteiger partial charge in [0.1, 0.15) is 24.3 Å². The fourth-order valence-electron chi connectivity index (χ4n) is 3.91. The van der Waals surface area contributed by atoms with Crippen LogP contribution < -0.4 is 10.5 Å². The Balaban J connectivity index is 1.38. The largest absolute Gasteiger partial charge is 0.491 e. The number of aromatic nitrogens is 2. The van der Waals surface area contributed by atoms with E-state index in [1.807, 2.05) is 24.3 Å². The number of hydrogen-bond donors (Lipinski definition) is 2. The number of hydrogen-bond acceptors (Lipinski definition) is 5. The minimum Gasteiger partial charge on any atom is -0.491 e. The summed E-state index contributed by atoms with van der Waals surface area (Å²) >= 11 is 0. The molecular weight excluding hydrogens is 387 g/mol. The van der Waals surface area contributed by atoms with Gasteiger partial charge >= 0.3 is 0 Å². The number of rotatable bonds is 7. The summed E-state index contributed by atoms with van der Waals surface area (Å²) in [6, 6.07) is 12.0. The first-order valence-electron chi connectivity index (χ1n) is 10.1. The lowest BCUT2D eigenvalue weighted by molar-refractivity contribution is -0.123. The molecule has 1 unspecified atom stereocenters. The molecule has 1 atom stereocenters. The van der Waals surface area contributed by atoms with Gasteiger partial charge in [-0.3, -0.25) is 4.79 Å². The number of amides is 1. The van der Waals surface area contributed by atoms with Gasteiger partial charge in [0.2, 0.25) is 5.91 Å². The predicted octanol–water partition coefficient (Wildman–Crippen LogP) is 2.08. The SMILES string of the molecule is NC(=O)C1CCN(CC(O)COc2cc(F)cc(-c3cccc4ccnn34)c2)CC1. The Labute approximate surface area is 173 Å². The number of pyridine rings is 1. The van der Waals surface area contributed by atoms with Crippen LogP contribution in [0.4, 0.5) is 4.39 Å². The number of benzene rings is 1. The number of likely N-dealkylation sites (tertiary alicyclic amines) is 1. The van der Waals surface area contributed by atoms with Crippen molar-refractivity contribution in [1.29, 1.82) is 0 Å². The lowest BCUT2D eigenvalue weighted by Crippen LogP contribution is -2.43. The van der Waals surface area contributed by atoms with E-state index in [0.29, 0.717) is 43.8 Å². The molecule has 30 heavy (non-hydrogen) atoms. The average Bonchev–Trinajstić information content (AvgIpc) is 3.21. The van der Waals surface area contributed by atoms with E-state index >= 15 is 0 Å². The third-order valence-electron chi connectivity index (χ3n) is 5.49. The van der Waals surface area contributed by atoms with Gasteiger partial charge in [0.25, 0.3) is 0 Å². The number of fused-ring (bicyclic) bond motifs is 1. The summed E-state index contributed by atoms with van der Waals surface area (Å²) in [7, 11) is 0. The molecule has 0 radical (unpaired) electrons. The molecule has 1 aliphatic heterocycles. The van der Waals surface area contributed by atoms with Crippen LogP contribution in [0.2, 0.25) is 0 Å². The summed E-state index contributed by atoms with van der Waals surface area (Å²) in [5, 5.41) is 14.6. The van der Waals surface area contributed by atoms with Gasteiger partial charge in [0.05, 0.1) is 17.4 Å². The van der Waals surface area contributed by atoms with Gasteiger partial charge < -0.3 is 20.5 Å². The first-order chi connectivity index (χ1) is 14.5. The summed E-state index contributed by atoms with van der Waals surface area (Å²) in [4.78, 5) is 13.3. The van der Waals surface area contributed by atoms with E-state index in [9.17, 15) is 14.3 Å². The zero-order valence-electron chi connectivity index (χ0n) is 16.6. The second-order valence-corrected chi connectivity index (χ2v) is 7.70. The second kappa shape index (κ2) is 8.81. The predicted molar refractivity (Wildman–Crippen MR) is 110 cm³/mol. The fraction of sp³-hybridized carbons (Fsp3) is 0.364. The Hall–Kier alpha value is -2.97. The summed E-state index contributed by atoms with van der Waals surface area (Å²) in [6.45, 7) is 1.90. The molecule has 3 heterocycles. The number of ether oxygens (including phenoxy) is 1. The third kappa shape index (κ3) is 4.60. The molecule has 2 aromatic heterocycles. The smallest absolute Gasteiger partial charge is 0.220 e. The maximum atomic E-state index is 14.2. The van der Waals surface area contributed by atoms with Crippen LogP contribution in [0.5, 0.6) is 5.75 Å². The Kier molecular flexibility index (Phi) is 5.96. The van der Waals surface area contributed by atoms with Gasteiger partial charge in [-0.1, -0.05) is 6.07 Å². The van der Waals surface area contributed by atoms with Crippen molar-refractivity contribution in [3.05, 3.63) is 54.5 Å². The standard InChI is InChI=1S/C22H25FN4O3/c23-17-10-16(21-3-1-2-18-4-7-25-27(18)21)11-20(12-17)30-14-19(28)13-26-8-5-15(6-9-26)22(24)29/h1-4,7,10-12,15,19,28H,5-6,8-9,13-14H2,(H2,24,29). The molecule has 3 N–H and O–H groups in total. The number of β-amino-alcohol motifs (C(OH)–C–C–N with tert-alkyl or cyclic N) is 1. The molecule has 1 fully saturated rings. The normalized spacial score (nSPS) is 16.6. The number of nitrogens with two attached hydrogens (primary N) is 1. The number of halogens is 1. The number of aliphatic hydroxyl groups is 1. The average molecular weight is 412 g/mol.